The zero-order valence-corrected chi connectivity index (χ0v) is 18.1. The van der Waals surface area contributed by atoms with E-state index in [2.05, 4.69) is 80.5 Å². The fourth-order valence-corrected chi connectivity index (χ4v) is 7.04. The molecule has 0 saturated carbocycles. The molecule has 1 atom stereocenters. The van der Waals surface area contributed by atoms with Gasteiger partial charge in [-0.05, 0) is 57.6 Å². The predicted octanol–water partition coefficient (Wildman–Crippen LogP) is 5.38. The quantitative estimate of drug-likeness (QED) is 0.654. The molecule has 0 fully saturated rings. The van der Waals surface area contributed by atoms with Gasteiger partial charge in [0.2, 0.25) is 0 Å². The first-order chi connectivity index (χ1) is 10.4. The molecule has 0 aromatic heterocycles. The fourth-order valence-electron chi connectivity index (χ4n) is 4.24. The Hall–Kier alpha value is -1.08. The highest BCUT2D eigenvalue weighted by Gasteiger charge is 2.40. The molecule has 0 amide bonds. The first-order valence-corrected chi connectivity index (χ1v) is 10.3. The third-order valence-electron chi connectivity index (χ3n) is 5.62. The molecule has 126 valence electrons. The van der Waals surface area contributed by atoms with Crippen LogP contribution in [0.25, 0.3) is 0 Å². The van der Waals surface area contributed by atoms with Crippen molar-refractivity contribution in [3.05, 3.63) is 51.6 Å². The first-order valence-electron chi connectivity index (χ1n) is 8.90. The molecular weight excluding hydrogens is 292 g/mol. The van der Waals surface area contributed by atoms with Crippen LogP contribution in [0, 0.1) is 19.3 Å². The molecule has 0 radical (unpaired) electrons. The Balaban J connectivity index is 2.47. The Morgan fingerprint density at radius 2 is 1.39 bits per heavy atom. The summed E-state index contributed by atoms with van der Waals surface area (Å²) in [6.45, 7) is 21.1. The third-order valence-corrected chi connectivity index (χ3v) is 8.10. The summed E-state index contributed by atoms with van der Waals surface area (Å²) in [6.07, 6.45) is 1.21. The Morgan fingerprint density at radius 3 is 1.87 bits per heavy atom. The van der Waals surface area contributed by atoms with Gasteiger partial charge in [0.05, 0.1) is 9.52 Å². The molecule has 0 heterocycles. The molecule has 0 saturated heterocycles. The molecule has 0 nitrogen and oxygen atoms in total. The van der Waals surface area contributed by atoms with Crippen LogP contribution in [0.15, 0.2) is 40.5 Å². The van der Waals surface area contributed by atoms with E-state index in [0.717, 1.165) is 0 Å². The summed E-state index contributed by atoms with van der Waals surface area (Å²) in [5, 5.41) is 1.92. The smallest absolute Gasteiger partial charge is 0.0651 e. The van der Waals surface area contributed by atoms with Gasteiger partial charge in [-0.3, -0.25) is 0 Å². The van der Waals surface area contributed by atoms with Crippen LogP contribution in [0.1, 0.15) is 66.0 Å². The molecule has 0 bridgehead atoms. The van der Waals surface area contributed by atoms with Crippen molar-refractivity contribution in [3.8, 4) is 0 Å². The third kappa shape index (κ3) is 3.71. The zero-order valence-electron chi connectivity index (χ0n) is 16.6. The molecule has 1 heteroatoms. The van der Waals surface area contributed by atoms with Gasteiger partial charge in [-0.2, -0.15) is 0 Å². The van der Waals surface area contributed by atoms with Crippen LogP contribution in [0.3, 0.4) is 0 Å². The van der Waals surface area contributed by atoms with Gasteiger partial charge in [0.1, 0.15) is 0 Å². The predicted molar refractivity (Wildman–Crippen MR) is 108 cm³/mol. The minimum absolute atomic E-state index is 0.307. The van der Waals surface area contributed by atoms with Crippen LogP contribution in [0.2, 0.25) is 5.04 Å². The van der Waals surface area contributed by atoms with Crippen LogP contribution in [-0.2, 0) is 0 Å². The molecule has 1 aromatic carbocycles. The van der Waals surface area contributed by atoms with E-state index in [4.69, 9.17) is 0 Å². The molecule has 0 N–H and O–H groups in total. The van der Waals surface area contributed by atoms with Crippen molar-refractivity contribution in [2.75, 3.05) is 0 Å². The van der Waals surface area contributed by atoms with Crippen LogP contribution in [0.4, 0.5) is 0 Å². The maximum Gasteiger partial charge on any atom is 0.0706 e. The van der Waals surface area contributed by atoms with Gasteiger partial charge in [-0.1, -0.05) is 73.4 Å². The zero-order chi connectivity index (χ0) is 17.6. The van der Waals surface area contributed by atoms with Gasteiger partial charge < -0.3 is 0 Å². The highest BCUT2D eigenvalue weighted by atomic mass is 28.2. The standard InChI is InChI=1S/C22H34Si/c1-14-10-15(2)12-19(11-14)23-22(9)18(5)16(3)17(4)20(22)13-21(6,7)8/h10-12H,13,23H2,1-9H3. The minimum Gasteiger partial charge on any atom is -0.0651 e. The maximum absolute atomic E-state index is 2.52. The van der Waals surface area contributed by atoms with E-state index in [9.17, 15) is 0 Å². The van der Waals surface area contributed by atoms with Gasteiger partial charge in [0.15, 0.2) is 0 Å². The summed E-state index contributed by atoms with van der Waals surface area (Å²) in [5.41, 5.74) is 9.61. The Morgan fingerprint density at radius 1 is 0.870 bits per heavy atom. The largest absolute Gasteiger partial charge is 0.0706 e. The van der Waals surface area contributed by atoms with Crippen molar-refractivity contribution >= 4 is 14.7 Å². The number of aryl methyl sites for hydroxylation is 2. The van der Waals surface area contributed by atoms with E-state index in [1.165, 1.54) is 17.5 Å². The summed E-state index contributed by atoms with van der Waals surface area (Å²) >= 11 is 0. The summed E-state index contributed by atoms with van der Waals surface area (Å²) in [7, 11) is -0.417. The molecule has 23 heavy (non-hydrogen) atoms. The molecule has 0 aliphatic heterocycles. The molecule has 2 rings (SSSR count). The van der Waals surface area contributed by atoms with E-state index in [1.54, 1.807) is 27.5 Å². The maximum atomic E-state index is 2.52. The van der Waals surface area contributed by atoms with Crippen molar-refractivity contribution in [3.63, 3.8) is 0 Å². The first kappa shape index (κ1) is 18.3. The van der Waals surface area contributed by atoms with Crippen molar-refractivity contribution in [2.24, 2.45) is 5.41 Å². The van der Waals surface area contributed by atoms with Crippen molar-refractivity contribution in [1.82, 2.24) is 0 Å². The summed E-state index contributed by atoms with van der Waals surface area (Å²) in [5.74, 6) is 0. The highest BCUT2D eigenvalue weighted by molar-refractivity contribution is 6.59. The number of benzene rings is 1. The van der Waals surface area contributed by atoms with E-state index in [-0.39, 0.29) is 0 Å². The monoisotopic (exact) mass is 326 g/mol. The average molecular weight is 327 g/mol. The lowest BCUT2D eigenvalue weighted by Crippen LogP contribution is -2.31. The van der Waals surface area contributed by atoms with E-state index < -0.39 is 9.52 Å². The summed E-state index contributed by atoms with van der Waals surface area (Å²) in [4.78, 5) is 0. The average Bonchev–Trinajstić information content (AvgIpc) is 2.52. The van der Waals surface area contributed by atoms with E-state index >= 15 is 0 Å². The Labute approximate surface area is 145 Å². The number of hydrogen-bond acceptors (Lipinski definition) is 0. The molecule has 1 unspecified atom stereocenters. The lowest BCUT2D eigenvalue weighted by atomic mass is 9.82. The molecule has 1 aromatic rings. The number of rotatable bonds is 3. The van der Waals surface area contributed by atoms with Crippen LogP contribution in [0.5, 0.6) is 0 Å². The van der Waals surface area contributed by atoms with E-state index in [0.29, 0.717) is 10.5 Å². The van der Waals surface area contributed by atoms with Gasteiger partial charge in [-0.25, -0.2) is 0 Å². The lowest BCUT2D eigenvalue weighted by Gasteiger charge is -2.34. The van der Waals surface area contributed by atoms with Gasteiger partial charge in [0.25, 0.3) is 0 Å². The van der Waals surface area contributed by atoms with Gasteiger partial charge in [-0.15, -0.1) is 0 Å². The Bertz CT molecular complexity index is 662. The SMILES string of the molecule is CC1=C(C)C(C)([SiH2]c2cc(C)cc(C)c2)C(CC(C)(C)C)=C1C. The highest BCUT2D eigenvalue weighted by Crippen LogP contribution is 2.54. The topological polar surface area (TPSA) is 0 Å². The van der Waals surface area contributed by atoms with Crippen molar-refractivity contribution < 1.29 is 0 Å². The second kappa shape index (κ2) is 6.09. The van der Waals surface area contributed by atoms with Gasteiger partial charge in [0, 0.05) is 5.04 Å². The summed E-state index contributed by atoms with van der Waals surface area (Å²) < 4.78 is 0. The molecular formula is C22H34Si. The molecule has 0 spiro atoms. The normalized spacial score (nSPS) is 22.8. The second-order valence-corrected chi connectivity index (χ2v) is 11.7. The number of hydrogen-bond donors (Lipinski definition) is 0. The van der Waals surface area contributed by atoms with E-state index in [1.807, 2.05) is 0 Å². The van der Waals surface area contributed by atoms with Crippen molar-refractivity contribution in [2.45, 2.75) is 73.8 Å². The lowest BCUT2D eigenvalue weighted by molar-refractivity contribution is 0.398. The Kier molecular flexibility index (Phi) is 4.83. The second-order valence-electron chi connectivity index (χ2n) is 9.10. The van der Waals surface area contributed by atoms with Crippen molar-refractivity contribution in [1.29, 1.82) is 0 Å². The number of allylic oxidation sites excluding steroid dienone is 4. The van der Waals surface area contributed by atoms with Crippen LogP contribution >= 0.6 is 0 Å². The molecule has 1 aliphatic rings. The molecule has 1 aliphatic carbocycles. The minimum atomic E-state index is -0.417. The van der Waals surface area contributed by atoms with Gasteiger partial charge >= 0.3 is 0 Å². The van der Waals surface area contributed by atoms with Crippen LogP contribution in [-0.4, -0.2) is 9.52 Å². The summed E-state index contributed by atoms with van der Waals surface area (Å²) in [6, 6.07) is 7.14. The van der Waals surface area contributed by atoms with Crippen LogP contribution < -0.4 is 5.19 Å². The fraction of sp³-hybridized carbons (Fsp3) is 0.545.